The van der Waals surface area contributed by atoms with Crippen LogP contribution in [0.4, 0.5) is 19.3 Å². The Bertz CT molecular complexity index is 1030. The van der Waals surface area contributed by atoms with E-state index >= 15 is 0 Å². The van der Waals surface area contributed by atoms with Crippen LogP contribution in [0.1, 0.15) is 5.56 Å². The number of phenols is 1. The molecule has 0 unspecified atom stereocenters. The first-order valence-electron chi connectivity index (χ1n) is 7.73. The largest absolute Gasteiger partial charge is 0.507 e. The molecule has 10 heteroatoms. The predicted molar refractivity (Wildman–Crippen MR) is 103 cm³/mol. The lowest BCUT2D eigenvalue weighted by Crippen LogP contribution is -2.36. The van der Waals surface area contributed by atoms with Gasteiger partial charge in [0.15, 0.2) is 0 Å². The second kappa shape index (κ2) is 8.11. The fourth-order valence-electron chi connectivity index (χ4n) is 2.32. The topological polar surface area (TPSA) is 86.7 Å². The highest BCUT2D eigenvalue weighted by atomic mass is 79.9. The van der Waals surface area contributed by atoms with Gasteiger partial charge in [-0.1, -0.05) is 6.07 Å². The highest BCUT2D eigenvalue weighted by Gasteiger charge is 2.36. The summed E-state index contributed by atoms with van der Waals surface area (Å²) in [6, 6.07) is 7.15. The average molecular weight is 469 g/mol. The summed E-state index contributed by atoms with van der Waals surface area (Å²) in [6.45, 7) is -0.613. The first kappa shape index (κ1) is 20.0. The van der Waals surface area contributed by atoms with Gasteiger partial charge in [0, 0.05) is 6.07 Å². The molecule has 28 heavy (non-hydrogen) atoms. The van der Waals surface area contributed by atoms with E-state index in [4.69, 9.17) is 0 Å². The molecule has 1 aliphatic heterocycles. The number of benzene rings is 2. The van der Waals surface area contributed by atoms with Gasteiger partial charge in [0.1, 0.15) is 23.9 Å². The van der Waals surface area contributed by atoms with E-state index in [9.17, 15) is 28.3 Å². The summed E-state index contributed by atoms with van der Waals surface area (Å²) in [5, 5.41) is 11.0. The van der Waals surface area contributed by atoms with Gasteiger partial charge < -0.3 is 10.4 Å². The first-order valence-corrected chi connectivity index (χ1v) is 9.34. The Hall–Kier alpha value is -2.72. The van der Waals surface area contributed by atoms with Gasteiger partial charge in [0.25, 0.3) is 11.1 Å². The Kier molecular flexibility index (Phi) is 5.80. The number of aromatic hydroxyl groups is 1. The van der Waals surface area contributed by atoms with Crippen molar-refractivity contribution in [2.45, 2.75) is 0 Å². The molecule has 0 spiro atoms. The van der Waals surface area contributed by atoms with Gasteiger partial charge in [-0.25, -0.2) is 8.78 Å². The number of halogens is 3. The number of thioether (sulfide) groups is 1. The summed E-state index contributed by atoms with van der Waals surface area (Å²) >= 11 is 3.81. The summed E-state index contributed by atoms with van der Waals surface area (Å²) in [5.41, 5.74) is 0.302. The number of phenolic OH excluding ortho intramolecular Hbond substituents is 1. The molecular formula is C18H11BrF2N2O4S. The third kappa shape index (κ3) is 4.39. The zero-order valence-electron chi connectivity index (χ0n) is 13.9. The Morgan fingerprint density at radius 2 is 1.96 bits per heavy atom. The number of nitrogens with one attached hydrogen (secondary N) is 1. The van der Waals surface area contributed by atoms with Crippen LogP contribution in [0.25, 0.3) is 6.08 Å². The Morgan fingerprint density at radius 3 is 2.64 bits per heavy atom. The third-order valence-corrected chi connectivity index (χ3v) is 5.19. The molecule has 1 aliphatic rings. The minimum atomic E-state index is -0.972. The van der Waals surface area contributed by atoms with E-state index in [0.29, 0.717) is 27.9 Å². The van der Waals surface area contributed by atoms with E-state index < -0.39 is 35.2 Å². The minimum absolute atomic E-state index is 0.0231. The van der Waals surface area contributed by atoms with E-state index in [0.717, 1.165) is 17.0 Å². The van der Waals surface area contributed by atoms with Crippen LogP contribution in [0.2, 0.25) is 0 Å². The molecule has 2 aromatic rings. The zero-order chi connectivity index (χ0) is 20.4. The van der Waals surface area contributed by atoms with Gasteiger partial charge in [-0.15, -0.1) is 0 Å². The standard InChI is InChI=1S/C18H11BrF2N2O4S/c19-11-5-9(1-4-14(11)24)6-15-17(26)23(18(27)28-15)8-16(25)22-13-3-2-10(20)7-12(13)21/h1-7,24H,8H2,(H,22,25). The van der Waals surface area contributed by atoms with Crippen LogP contribution in [-0.4, -0.2) is 33.6 Å². The van der Waals surface area contributed by atoms with Gasteiger partial charge >= 0.3 is 0 Å². The van der Waals surface area contributed by atoms with E-state index in [2.05, 4.69) is 21.2 Å². The maximum absolute atomic E-state index is 13.6. The fourth-order valence-corrected chi connectivity index (χ4v) is 3.56. The monoisotopic (exact) mass is 468 g/mol. The van der Waals surface area contributed by atoms with Crippen molar-refractivity contribution in [3.05, 3.63) is 63.0 Å². The summed E-state index contributed by atoms with van der Waals surface area (Å²) in [7, 11) is 0. The van der Waals surface area contributed by atoms with Crippen molar-refractivity contribution in [2.24, 2.45) is 0 Å². The van der Waals surface area contributed by atoms with Crippen LogP contribution < -0.4 is 5.32 Å². The molecule has 2 N–H and O–H groups in total. The lowest BCUT2D eigenvalue weighted by Gasteiger charge is -2.12. The molecule has 1 saturated heterocycles. The molecule has 0 saturated carbocycles. The molecule has 3 rings (SSSR count). The minimum Gasteiger partial charge on any atom is -0.507 e. The van der Waals surface area contributed by atoms with Crippen LogP contribution in [0.5, 0.6) is 5.75 Å². The molecule has 1 heterocycles. The number of anilines is 1. The van der Waals surface area contributed by atoms with Crippen LogP contribution in [0, 0.1) is 11.6 Å². The van der Waals surface area contributed by atoms with Gasteiger partial charge in [0.2, 0.25) is 5.91 Å². The number of hydrogen-bond acceptors (Lipinski definition) is 5. The van der Waals surface area contributed by atoms with Gasteiger partial charge in [-0.05, 0) is 63.6 Å². The summed E-state index contributed by atoms with van der Waals surface area (Å²) in [5.74, 6) is -3.22. The fraction of sp³-hybridized carbons (Fsp3) is 0.0556. The van der Waals surface area contributed by atoms with Crippen LogP contribution in [0.3, 0.4) is 0 Å². The summed E-state index contributed by atoms with van der Waals surface area (Å²) in [4.78, 5) is 37.4. The average Bonchev–Trinajstić information content (AvgIpc) is 2.88. The van der Waals surface area contributed by atoms with Crippen molar-refractivity contribution >= 4 is 56.5 Å². The number of hydrogen-bond donors (Lipinski definition) is 2. The molecule has 144 valence electrons. The number of amides is 3. The number of rotatable bonds is 4. The van der Waals surface area contributed by atoms with Gasteiger partial charge in [-0.3, -0.25) is 19.3 Å². The lowest BCUT2D eigenvalue weighted by molar-refractivity contribution is -0.127. The number of imide groups is 1. The SMILES string of the molecule is O=C(CN1C(=O)SC(=Cc2ccc(O)c(Br)c2)C1=O)Nc1ccc(F)cc1F. The first-order chi connectivity index (χ1) is 13.2. The molecule has 2 aromatic carbocycles. The lowest BCUT2D eigenvalue weighted by atomic mass is 10.2. The third-order valence-electron chi connectivity index (χ3n) is 3.65. The quantitative estimate of drug-likeness (QED) is 0.659. The highest BCUT2D eigenvalue weighted by molar-refractivity contribution is 9.10. The van der Waals surface area contributed by atoms with E-state index in [1.165, 1.54) is 12.1 Å². The smallest absolute Gasteiger partial charge is 0.294 e. The van der Waals surface area contributed by atoms with Crippen molar-refractivity contribution in [1.82, 2.24) is 4.90 Å². The second-order valence-corrected chi connectivity index (χ2v) is 7.50. The maximum atomic E-state index is 13.6. The van der Waals surface area contributed by atoms with Gasteiger partial charge in [0.05, 0.1) is 15.1 Å². The zero-order valence-corrected chi connectivity index (χ0v) is 16.3. The van der Waals surface area contributed by atoms with Crippen molar-refractivity contribution in [2.75, 3.05) is 11.9 Å². The number of nitrogens with zero attached hydrogens (tertiary/aromatic N) is 1. The van der Waals surface area contributed by atoms with Crippen molar-refractivity contribution < 1.29 is 28.3 Å². The van der Waals surface area contributed by atoms with E-state index in [1.54, 1.807) is 12.1 Å². The van der Waals surface area contributed by atoms with Crippen LogP contribution >= 0.6 is 27.7 Å². The maximum Gasteiger partial charge on any atom is 0.294 e. The predicted octanol–water partition coefficient (Wildman–Crippen LogP) is 4.11. The molecule has 0 aromatic heterocycles. The van der Waals surface area contributed by atoms with Crippen molar-refractivity contribution in [1.29, 1.82) is 0 Å². The molecule has 0 bridgehead atoms. The van der Waals surface area contributed by atoms with Crippen molar-refractivity contribution in [3.63, 3.8) is 0 Å². The van der Waals surface area contributed by atoms with Crippen molar-refractivity contribution in [3.8, 4) is 5.75 Å². The van der Waals surface area contributed by atoms with Crippen LogP contribution in [0.15, 0.2) is 45.8 Å². The molecular weight excluding hydrogens is 458 g/mol. The molecule has 0 aliphatic carbocycles. The molecule has 0 radical (unpaired) electrons. The second-order valence-electron chi connectivity index (χ2n) is 5.65. The molecule has 6 nitrogen and oxygen atoms in total. The summed E-state index contributed by atoms with van der Waals surface area (Å²) < 4.78 is 26.9. The molecule has 1 fully saturated rings. The normalized spacial score (nSPS) is 15.4. The Morgan fingerprint density at radius 1 is 1.21 bits per heavy atom. The van der Waals surface area contributed by atoms with E-state index in [1.807, 2.05) is 0 Å². The number of carbonyl (C=O) groups is 3. The van der Waals surface area contributed by atoms with Crippen LogP contribution in [-0.2, 0) is 9.59 Å². The van der Waals surface area contributed by atoms with Gasteiger partial charge in [-0.2, -0.15) is 0 Å². The summed E-state index contributed by atoms with van der Waals surface area (Å²) in [6.07, 6.45) is 1.45. The molecule has 3 amide bonds. The highest BCUT2D eigenvalue weighted by Crippen LogP contribution is 2.33. The Balaban J connectivity index is 1.71. The Labute approximate surface area is 170 Å². The number of carbonyl (C=O) groups excluding carboxylic acids is 3. The van der Waals surface area contributed by atoms with E-state index in [-0.39, 0.29) is 16.3 Å². The molecule has 0 atom stereocenters.